The highest BCUT2D eigenvalue weighted by Crippen LogP contribution is 2.39. The van der Waals surface area contributed by atoms with E-state index < -0.39 is 0 Å². The van der Waals surface area contributed by atoms with Crippen molar-refractivity contribution in [3.63, 3.8) is 0 Å². The van der Waals surface area contributed by atoms with Crippen LogP contribution in [0.25, 0.3) is 0 Å². The molecule has 0 amide bonds. The van der Waals surface area contributed by atoms with E-state index >= 15 is 0 Å². The fourth-order valence-electron chi connectivity index (χ4n) is 2.38. The van der Waals surface area contributed by atoms with Gasteiger partial charge in [-0.3, -0.25) is 0 Å². The molecule has 0 atom stereocenters. The van der Waals surface area contributed by atoms with E-state index in [1.54, 1.807) is 21.3 Å². The first-order valence-corrected chi connectivity index (χ1v) is 8.51. The SMILES string of the molecule is CCCCCNC(=NCc1ccc(OC)c(OC)c1OC)NCC. The summed E-state index contributed by atoms with van der Waals surface area (Å²) in [5, 5.41) is 6.62. The van der Waals surface area contributed by atoms with Gasteiger partial charge in [0.05, 0.1) is 27.9 Å². The molecule has 0 saturated carbocycles. The molecule has 0 bridgehead atoms. The highest BCUT2D eigenvalue weighted by Gasteiger charge is 2.15. The number of hydrogen-bond donors (Lipinski definition) is 2. The third-order valence-corrected chi connectivity index (χ3v) is 3.61. The van der Waals surface area contributed by atoms with E-state index in [2.05, 4.69) is 29.5 Å². The van der Waals surface area contributed by atoms with Crippen molar-refractivity contribution in [2.75, 3.05) is 34.4 Å². The summed E-state index contributed by atoms with van der Waals surface area (Å²) in [7, 11) is 4.84. The molecule has 0 unspecified atom stereocenters. The Kier molecular flexibility index (Phi) is 9.49. The number of rotatable bonds is 10. The number of benzene rings is 1. The zero-order valence-corrected chi connectivity index (χ0v) is 15.6. The minimum atomic E-state index is 0.493. The summed E-state index contributed by atoms with van der Waals surface area (Å²) in [5.41, 5.74) is 0.945. The van der Waals surface area contributed by atoms with Crippen LogP contribution in [0, 0.1) is 0 Å². The molecular formula is C18H31N3O3. The van der Waals surface area contributed by atoms with Gasteiger partial charge in [0.2, 0.25) is 5.75 Å². The summed E-state index contributed by atoms with van der Waals surface area (Å²) in [6.07, 6.45) is 3.56. The standard InChI is InChI=1S/C18H31N3O3/c1-6-8-9-12-20-18(19-7-2)21-13-14-10-11-15(22-3)17(24-5)16(14)23-4/h10-11H,6-9,12-13H2,1-5H3,(H2,19,20,21). The summed E-state index contributed by atoms with van der Waals surface area (Å²) < 4.78 is 16.2. The number of nitrogens with zero attached hydrogens (tertiary/aromatic N) is 1. The monoisotopic (exact) mass is 337 g/mol. The van der Waals surface area contributed by atoms with Crippen LogP contribution in [0.4, 0.5) is 0 Å². The van der Waals surface area contributed by atoms with Crippen molar-refractivity contribution in [2.24, 2.45) is 4.99 Å². The number of unbranched alkanes of at least 4 members (excludes halogenated alkanes) is 2. The minimum Gasteiger partial charge on any atom is -0.493 e. The summed E-state index contributed by atoms with van der Waals surface area (Å²) in [5.74, 6) is 2.70. The van der Waals surface area contributed by atoms with Gasteiger partial charge in [-0.05, 0) is 25.5 Å². The van der Waals surface area contributed by atoms with Gasteiger partial charge in [-0.2, -0.15) is 0 Å². The van der Waals surface area contributed by atoms with Gasteiger partial charge in [0.1, 0.15) is 0 Å². The first-order valence-electron chi connectivity index (χ1n) is 8.51. The van der Waals surface area contributed by atoms with Crippen molar-refractivity contribution in [1.29, 1.82) is 0 Å². The number of guanidine groups is 1. The van der Waals surface area contributed by atoms with E-state index in [1.165, 1.54) is 12.8 Å². The largest absolute Gasteiger partial charge is 0.493 e. The molecule has 1 aromatic carbocycles. The maximum atomic E-state index is 5.50. The van der Waals surface area contributed by atoms with Gasteiger partial charge in [-0.1, -0.05) is 19.8 Å². The second-order valence-corrected chi connectivity index (χ2v) is 5.32. The first kappa shape index (κ1) is 19.9. The molecule has 0 radical (unpaired) electrons. The van der Waals surface area contributed by atoms with Crippen LogP contribution >= 0.6 is 0 Å². The quantitative estimate of drug-likeness (QED) is 0.390. The second-order valence-electron chi connectivity index (χ2n) is 5.32. The van der Waals surface area contributed by atoms with Crippen molar-refractivity contribution in [3.8, 4) is 17.2 Å². The van der Waals surface area contributed by atoms with Crippen LogP contribution in [0.1, 0.15) is 38.7 Å². The minimum absolute atomic E-state index is 0.493. The van der Waals surface area contributed by atoms with E-state index in [0.717, 1.165) is 31.0 Å². The van der Waals surface area contributed by atoms with Gasteiger partial charge >= 0.3 is 0 Å². The molecule has 6 heteroatoms. The van der Waals surface area contributed by atoms with Crippen LogP contribution < -0.4 is 24.8 Å². The second kappa shape index (κ2) is 11.4. The maximum absolute atomic E-state index is 5.50. The number of nitrogens with one attached hydrogen (secondary N) is 2. The molecule has 0 aliphatic heterocycles. The van der Waals surface area contributed by atoms with E-state index in [1.807, 2.05) is 12.1 Å². The van der Waals surface area contributed by atoms with Crippen LogP contribution in [-0.4, -0.2) is 40.4 Å². The average molecular weight is 337 g/mol. The highest BCUT2D eigenvalue weighted by molar-refractivity contribution is 5.79. The van der Waals surface area contributed by atoms with Gasteiger partial charge in [-0.25, -0.2) is 4.99 Å². The highest BCUT2D eigenvalue weighted by atomic mass is 16.5. The first-order chi connectivity index (χ1) is 11.7. The predicted molar refractivity (Wildman–Crippen MR) is 98.4 cm³/mol. The summed E-state index contributed by atoms with van der Waals surface area (Å²) in [6, 6.07) is 3.82. The zero-order chi connectivity index (χ0) is 17.8. The maximum Gasteiger partial charge on any atom is 0.203 e. The van der Waals surface area contributed by atoms with Gasteiger partial charge < -0.3 is 24.8 Å². The number of ether oxygens (including phenoxy) is 3. The lowest BCUT2D eigenvalue weighted by Crippen LogP contribution is -2.37. The Morgan fingerprint density at radius 2 is 1.71 bits per heavy atom. The number of hydrogen-bond acceptors (Lipinski definition) is 4. The van der Waals surface area contributed by atoms with Crippen LogP contribution in [-0.2, 0) is 6.54 Å². The van der Waals surface area contributed by atoms with Crippen LogP contribution in [0.3, 0.4) is 0 Å². The Hall–Kier alpha value is -2.11. The Morgan fingerprint density at radius 1 is 0.958 bits per heavy atom. The molecule has 0 aromatic heterocycles. The van der Waals surface area contributed by atoms with Gasteiger partial charge in [0.15, 0.2) is 17.5 Å². The van der Waals surface area contributed by atoms with Gasteiger partial charge in [-0.15, -0.1) is 0 Å². The number of methoxy groups -OCH3 is 3. The molecule has 1 aromatic rings. The lowest BCUT2D eigenvalue weighted by atomic mass is 10.1. The third kappa shape index (κ3) is 5.83. The molecule has 0 heterocycles. The molecule has 0 aliphatic rings. The van der Waals surface area contributed by atoms with E-state index in [-0.39, 0.29) is 0 Å². The molecule has 0 fully saturated rings. The predicted octanol–water partition coefficient (Wildman–Crippen LogP) is 2.96. The van der Waals surface area contributed by atoms with Crippen molar-refractivity contribution in [1.82, 2.24) is 10.6 Å². The average Bonchev–Trinajstić information content (AvgIpc) is 2.61. The Labute approximate surface area is 145 Å². The molecule has 2 N–H and O–H groups in total. The van der Waals surface area contributed by atoms with E-state index in [9.17, 15) is 0 Å². The number of aliphatic imine (C=N–C) groups is 1. The summed E-state index contributed by atoms with van der Waals surface area (Å²) in [4.78, 5) is 4.64. The van der Waals surface area contributed by atoms with Crippen LogP contribution in [0.15, 0.2) is 17.1 Å². The third-order valence-electron chi connectivity index (χ3n) is 3.61. The molecule has 1 rings (SSSR count). The molecule has 24 heavy (non-hydrogen) atoms. The topological polar surface area (TPSA) is 64.1 Å². The Morgan fingerprint density at radius 3 is 2.29 bits per heavy atom. The van der Waals surface area contributed by atoms with Crippen molar-refractivity contribution >= 4 is 5.96 Å². The molecule has 0 spiro atoms. The van der Waals surface area contributed by atoms with Crippen molar-refractivity contribution in [3.05, 3.63) is 17.7 Å². The summed E-state index contributed by atoms with van der Waals surface area (Å²) >= 11 is 0. The molecular weight excluding hydrogens is 306 g/mol. The van der Waals surface area contributed by atoms with Crippen LogP contribution in [0.5, 0.6) is 17.2 Å². The molecule has 136 valence electrons. The van der Waals surface area contributed by atoms with Crippen LogP contribution in [0.2, 0.25) is 0 Å². The van der Waals surface area contributed by atoms with E-state index in [0.29, 0.717) is 23.8 Å². The fourth-order valence-corrected chi connectivity index (χ4v) is 2.38. The molecule has 6 nitrogen and oxygen atoms in total. The van der Waals surface area contributed by atoms with Crippen molar-refractivity contribution < 1.29 is 14.2 Å². The zero-order valence-electron chi connectivity index (χ0n) is 15.6. The Balaban J connectivity index is 2.87. The lowest BCUT2D eigenvalue weighted by molar-refractivity contribution is 0.322. The smallest absolute Gasteiger partial charge is 0.203 e. The summed E-state index contributed by atoms with van der Waals surface area (Å²) in [6.45, 7) is 6.49. The molecule has 0 saturated heterocycles. The lowest BCUT2D eigenvalue weighted by Gasteiger charge is -2.15. The van der Waals surface area contributed by atoms with Gasteiger partial charge in [0.25, 0.3) is 0 Å². The normalized spacial score (nSPS) is 11.1. The van der Waals surface area contributed by atoms with E-state index in [4.69, 9.17) is 14.2 Å². The van der Waals surface area contributed by atoms with Crippen molar-refractivity contribution in [2.45, 2.75) is 39.7 Å². The van der Waals surface area contributed by atoms with Gasteiger partial charge in [0, 0.05) is 18.7 Å². The Bertz CT molecular complexity index is 518. The fraction of sp³-hybridized carbons (Fsp3) is 0.611. The molecule has 0 aliphatic carbocycles.